The fourth-order valence-corrected chi connectivity index (χ4v) is 5.69. The molecule has 2 fully saturated rings. The zero-order chi connectivity index (χ0) is 20.8. The number of carbonyl (C=O) groups excluding carboxylic acids is 1. The van der Waals surface area contributed by atoms with Gasteiger partial charge in [-0.05, 0) is 31.9 Å². The number of rotatable bonds is 5. The van der Waals surface area contributed by atoms with Gasteiger partial charge in [0.15, 0.2) is 5.82 Å². The maximum Gasteiger partial charge on any atom is 0.236 e. The van der Waals surface area contributed by atoms with Gasteiger partial charge in [0.2, 0.25) is 21.8 Å². The second-order valence-electron chi connectivity index (χ2n) is 8.07. The maximum absolute atomic E-state index is 13.0. The molecule has 0 spiro atoms. The molecule has 0 bridgehead atoms. The molecule has 8 nitrogen and oxygen atoms in total. The molecule has 2 aliphatic heterocycles. The second-order valence-corrected chi connectivity index (χ2v) is 10.3. The van der Waals surface area contributed by atoms with Crippen LogP contribution in [0.15, 0.2) is 28.8 Å². The molecular weight excluding hydrogens is 392 g/mol. The number of amides is 1. The van der Waals surface area contributed by atoms with E-state index in [1.807, 2.05) is 36.1 Å². The number of benzene rings is 1. The Morgan fingerprint density at radius 3 is 2.66 bits per heavy atom. The van der Waals surface area contributed by atoms with E-state index in [0.29, 0.717) is 37.8 Å². The number of hydrogen-bond donors (Lipinski definition) is 0. The van der Waals surface area contributed by atoms with Gasteiger partial charge in [-0.2, -0.15) is 4.98 Å². The fourth-order valence-electron chi connectivity index (χ4n) is 4.49. The third kappa shape index (κ3) is 3.46. The van der Waals surface area contributed by atoms with Crippen LogP contribution in [0.3, 0.4) is 0 Å². The molecule has 1 aromatic heterocycles. The van der Waals surface area contributed by atoms with Crippen molar-refractivity contribution in [3.63, 3.8) is 0 Å². The Labute approximate surface area is 170 Å². The van der Waals surface area contributed by atoms with Crippen molar-refractivity contribution in [1.29, 1.82) is 0 Å². The van der Waals surface area contributed by atoms with Gasteiger partial charge in [0.05, 0.1) is 17.6 Å². The predicted molar refractivity (Wildman–Crippen MR) is 107 cm³/mol. The summed E-state index contributed by atoms with van der Waals surface area (Å²) in [7, 11) is -3.33. The number of aryl methyl sites for hydroxylation is 2. The Bertz CT molecular complexity index is 1030. The third-order valence-corrected chi connectivity index (χ3v) is 8.04. The Kier molecular flexibility index (Phi) is 4.98. The molecule has 9 heteroatoms. The van der Waals surface area contributed by atoms with Gasteiger partial charge < -0.3 is 9.42 Å². The van der Waals surface area contributed by atoms with Crippen LogP contribution in [-0.4, -0.2) is 65.6 Å². The largest absolute Gasteiger partial charge is 0.341 e. The normalized spacial score (nSPS) is 24.8. The van der Waals surface area contributed by atoms with Gasteiger partial charge in [-0.15, -0.1) is 0 Å². The lowest BCUT2D eigenvalue weighted by atomic mass is 9.81. The molecule has 29 heavy (non-hydrogen) atoms. The van der Waals surface area contributed by atoms with E-state index in [2.05, 4.69) is 10.1 Å². The Morgan fingerprint density at radius 2 is 2.00 bits per heavy atom. The molecule has 156 valence electrons. The average Bonchev–Trinajstić information content (AvgIpc) is 3.36. The van der Waals surface area contributed by atoms with Gasteiger partial charge in [-0.1, -0.05) is 29.4 Å². The van der Waals surface area contributed by atoms with E-state index in [0.717, 1.165) is 11.1 Å². The highest BCUT2D eigenvalue weighted by atomic mass is 32.2. The first-order chi connectivity index (χ1) is 13.7. The minimum atomic E-state index is -3.33. The van der Waals surface area contributed by atoms with Crippen LogP contribution in [0.4, 0.5) is 0 Å². The van der Waals surface area contributed by atoms with Crippen LogP contribution in [0.2, 0.25) is 0 Å². The molecule has 2 atom stereocenters. The monoisotopic (exact) mass is 418 g/mol. The van der Waals surface area contributed by atoms with Gasteiger partial charge in [0.25, 0.3) is 0 Å². The van der Waals surface area contributed by atoms with Crippen LogP contribution in [0, 0.1) is 19.8 Å². The van der Waals surface area contributed by atoms with Crippen LogP contribution in [-0.2, 0) is 26.7 Å². The first-order valence-corrected chi connectivity index (χ1v) is 11.5. The molecule has 2 aromatic rings. The topological polar surface area (TPSA) is 96.6 Å². The highest BCUT2D eigenvalue weighted by Gasteiger charge is 2.59. The third-order valence-electron chi connectivity index (χ3n) is 6.25. The molecule has 1 amide bonds. The molecule has 0 saturated carbocycles. The molecule has 0 unspecified atom stereocenters. The van der Waals surface area contributed by atoms with Gasteiger partial charge in [0.1, 0.15) is 0 Å². The lowest BCUT2D eigenvalue weighted by Crippen LogP contribution is -2.42. The number of carbonyl (C=O) groups is 1. The van der Waals surface area contributed by atoms with Crippen molar-refractivity contribution in [2.24, 2.45) is 5.92 Å². The molecular formula is C20H26N4O4S. The standard InChI is InChI=1S/C20H26N4O4S/c1-4-29(26,27)24-11-17-10-23(18(25)9-16-8-6-5-7-14(16)2)12-20(17,13-24)19-21-15(3)22-28-19/h5-8,17H,4,9-13H2,1-3H3/t17-,20-/m0/s1. The Morgan fingerprint density at radius 1 is 1.24 bits per heavy atom. The summed E-state index contributed by atoms with van der Waals surface area (Å²) < 4.78 is 32.0. The summed E-state index contributed by atoms with van der Waals surface area (Å²) in [5.74, 6) is 0.961. The second kappa shape index (κ2) is 7.21. The Balaban J connectivity index is 1.60. The van der Waals surface area contributed by atoms with Gasteiger partial charge in [0, 0.05) is 32.1 Å². The minimum Gasteiger partial charge on any atom is -0.341 e. The number of aromatic nitrogens is 2. The van der Waals surface area contributed by atoms with E-state index in [9.17, 15) is 13.2 Å². The maximum atomic E-state index is 13.0. The summed E-state index contributed by atoms with van der Waals surface area (Å²) in [6.45, 7) is 6.89. The van der Waals surface area contributed by atoms with Crippen LogP contribution in [0.25, 0.3) is 0 Å². The first kappa shape index (κ1) is 20.0. The molecule has 4 rings (SSSR count). The van der Waals surface area contributed by atoms with Crippen LogP contribution in [0.5, 0.6) is 0 Å². The summed E-state index contributed by atoms with van der Waals surface area (Å²) in [6.07, 6.45) is 0.329. The Hall–Kier alpha value is -2.26. The van der Waals surface area contributed by atoms with Gasteiger partial charge >= 0.3 is 0 Å². The zero-order valence-electron chi connectivity index (χ0n) is 17.0. The molecule has 0 aliphatic carbocycles. The summed E-state index contributed by atoms with van der Waals surface area (Å²) in [5.41, 5.74) is 1.44. The molecule has 0 N–H and O–H groups in total. The highest BCUT2D eigenvalue weighted by Crippen LogP contribution is 2.45. The number of nitrogens with zero attached hydrogens (tertiary/aromatic N) is 4. The number of hydrogen-bond acceptors (Lipinski definition) is 6. The first-order valence-electron chi connectivity index (χ1n) is 9.86. The van der Waals surface area contributed by atoms with E-state index in [-0.39, 0.29) is 24.1 Å². The van der Waals surface area contributed by atoms with Crippen molar-refractivity contribution in [3.05, 3.63) is 47.1 Å². The lowest BCUT2D eigenvalue weighted by Gasteiger charge is -2.25. The van der Waals surface area contributed by atoms with Crippen LogP contribution in [0.1, 0.15) is 29.8 Å². The highest BCUT2D eigenvalue weighted by molar-refractivity contribution is 7.89. The molecule has 2 aliphatic rings. The van der Waals surface area contributed by atoms with Gasteiger partial charge in [-0.3, -0.25) is 4.79 Å². The molecule has 3 heterocycles. The lowest BCUT2D eigenvalue weighted by molar-refractivity contribution is -0.129. The van der Waals surface area contributed by atoms with Crippen molar-refractivity contribution in [1.82, 2.24) is 19.3 Å². The van der Waals surface area contributed by atoms with Crippen molar-refractivity contribution in [2.75, 3.05) is 31.9 Å². The van der Waals surface area contributed by atoms with E-state index >= 15 is 0 Å². The van der Waals surface area contributed by atoms with E-state index in [1.165, 1.54) is 4.31 Å². The van der Waals surface area contributed by atoms with Crippen molar-refractivity contribution >= 4 is 15.9 Å². The number of sulfonamides is 1. The zero-order valence-corrected chi connectivity index (χ0v) is 17.8. The summed E-state index contributed by atoms with van der Waals surface area (Å²) in [6, 6.07) is 7.86. The quantitative estimate of drug-likeness (QED) is 0.726. The van der Waals surface area contributed by atoms with E-state index < -0.39 is 15.4 Å². The van der Waals surface area contributed by atoms with Crippen LogP contribution >= 0.6 is 0 Å². The summed E-state index contributed by atoms with van der Waals surface area (Å²) in [5, 5.41) is 3.92. The molecule has 2 saturated heterocycles. The summed E-state index contributed by atoms with van der Waals surface area (Å²) in [4.78, 5) is 19.3. The van der Waals surface area contributed by atoms with E-state index in [4.69, 9.17) is 4.52 Å². The molecule has 1 aromatic carbocycles. The van der Waals surface area contributed by atoms with Crippen molar-refractivity contribution in [2.45, 2.75) is 32.6 Å². The minimum absolute atomic E-state index is 0.0363. The smallest absolute Gasteiger partial charge is 0.236 e. The number of likely N-dealkylation sites (tertiary alicyclic amines) is 1. The predicted octanol–water partition coefficient (Wildman–Crippen LogP) is 1.29. The van der Waals surface area contributed by atoms with Crippen LogP contribution < -0.4 is 0 Å². The SMILES string of the molecule is CCS(=O)(=O)N1C[C@@H]2CN(C(=O)Cc3ccccc3C)C[C@]2(c2nc(C)no2)C1. The fraction of sp³-hybridized carbons (Fsp3) is 0.550. The average molecular weight is 419 g/mol. The molecule has 0 radical (unpaired) electrons. The summed E-state index contributed by atoms with van der Waals surface area (Å²) >= 11 is 0. The number of fused-ring (bicyclic) bond motifs is 1. The van der Waals surface area contributed by atoms with Gasteiger partial charge in [-0.25, -0.2) is 12.7 Å². The van der Waals surface area contributed by atoms with E-state index in [1.54, 1.807) is 13.8 Å². The van der Waals surface area contributed by atoms with Crippen molar-refractivity contribution in [3.8, 4) is 0 Å². The van der Waals surface area contributed by atoms with Crippen molar-refractivity contribution < 1.29 is 17.7 Å².